The Morgan fingerprint density at radius 1 is 1.35 bits per heavy atom. The van der Waals surface area contributed by atoms with E-state index < -0.39 is 29.9 Å². The molecule has 9 heteroatoms. The Hall–Kier alpha value is -2.42. The van der Waals surface area contributed by atoms with E-state index in [-0.39, 0.29) is 18.0 Å². The summed E-state index contributed by atoms with van der Waals surface area (Å²) in [4.78, 5) is 19.6. The highest BCUT2D eigenvalue weighted by Gasteiger charge is 2.35. The van der Waals surface area contributed by atoms with Gasteiger partial charge in [0, 0.05) is 18.9 Å². The molecule has 2 aromatic heterocycles. The first-order valence-corrected chi connectivity index (χ1v) is 8.27. The number of aliphatic hydroxyl groups excluding tert-OH is 1. The summed E-state index contributed by atoms with van der Waals surface area (Å²) in [5.74, 6) is -0.264. The summed E-state index contributed by atoms with van der Waals surface area (Å²) in [5, 5.41) is 12.9. The number of aromatic nitrogens is 3. The van der Waals surface area contributed by atoms with Crippen LogP contribution < -0.4 is 5.32 Å². The van der Waals surface area contributed by atoms with E-state index in [1.165, 1.54) is 12.1 Å². The van der Waals surface area contributed by atoms with Crippen LogP contribution in [0.4, 0.5) is 13.2 Å². The van der Waals surface area contributed by atoms with Crippen molar-refractivity contribution in [2.45, 2.75) is 44.1 Å². The minimum absolute atomic E-state index is 0.0415. The van der Waals surface area contributed by atoms with Gasteiger partial charge in [-0.25, -0.2) is 9.97 Å². The van der Waals surface area contributed by atoms with Crippen LogP contribution in [-0.4, -0.2) is 37.7 Å². The van der Waals surface area contributed by atoms with Gasteiger partial charge in [0.05, 0.1) is 30.6 Å². The van der Waals surface area contributed by atoms with E-state index in [0.29, 0.717) is 19.4 Å². The zero-order valence-corrected chi connectivity index (χ0v) is 13.9. The van der Waals surface area contributed by atoms with Crippen LogP contribution >= 0.6 is 0 Å². The first-order chi connectivity index (χ1) is 12.3. The number of aliphatic hydroxyl groups is 1. The summed E-state index contributed by atoms with van der Waals surface area (Å²) in [7, 11) is 0. The normalized spacial score (nSPS) is 23.2. The third-order valence-electron chi connectivity index (χ3n) is 4.44. The number of imidazole rings is 1. The molecule has 6 nitrogen and oxygen atoms in total. The summed E-state index contributed by atoms with van der Waals surface area (Å²) >= 11 is 0. The molecule has 2 N–H and O–H groups in total. The average molecular weight is 368 g/mol. The van der Waals surface area contributed by atoms with Crippen LogP contribution in [-0.2, 0) is 23.9 Å². The fourth-order valence-corrected chi connectivity index (χ4v) is 3.27. The van der Waals surface area contributed by atoms with Crippen LogP contribution in [0.5, 0.6) is 0 Å². The number of hydrogen-bond donors (Lipinski definition) is 2. The van der Waals surface area contributed by atoms with Gasteiger partial charge in [0.15, 0.2) is 0 Å². The highest BCUT2D eigenvalue weighted by molar-refractivity contribution is 5.78. The predicted octanol–water partition coefficient (Wildman–Crippen LogP) is 1.80. The van der Waals surface area contributed by atoms with Crippen molar-refractivity contribution in [1.82, 2.24) is 19.9 Å². The fraction of sp³-hybridized carbons (Fsp3) is 0.471. The molecule has 0 spiro atoms. The molecule has 2 heterocycles. The molecule has 1 amide bonds. The second-order valence-electron chi connectivity index (χ2n) is 6.53. The van der Waals surface area contributed by atoms with E-state index in [1.54, 1.807) is 12.5 Å². The number of pyridine rings is 1. The van der Waals surface area contributed by atoms with Crippen molar-refractivity contribution < 1.29 is 23.1 Å². The number of alkyl halides is 3. The number of halogens is 3. The molecule has 0 bridgehead atoms. The molecule has 0 radical (unpaired) electrons. The number of carbonyl (C=O) groups excluding carboxylic acids is 1. The van der Waals surface area contributed by atoms with E-state index in [2.05, 4.69) is 15.3 Å². The van der Waals surface area contributed by atoms with Gasteiger partial charge in [0.2, 0.25) is 5.91 Å². The largest absolute Gasteiger partial charge is 0.433 e. The standard InChI is InChI=1S/C17H19F3N4O2/c18-17(19,20)15-3-1-2-12(22-15)8-16(26)23-13-6-11(7-14(13)25)9-24-5-4-21-10-24/h1-5,10-11,13-14,25H,6-9H2,(H,23,26)/t11?,13-,14-/m1/s1. The third kappa shape index (κ3) is 4.60. The smallest absolute Gasteiger partial charge is 0.391 e. The molecule has 3 atom stereocenters. The predicted molar refractivity (Wildman–Crippen MR) is 85.8 cm³/mol. The van der Waals surface area contributed by atoms with Crippen molar-refractivity contribution in [3.8, 4) is 0 Å². The van der Waals surface area contributed by atoms with E-state index in [4.69, 9.17) is 0 Å². The molecule has 0 aliphatic heterocycles. The number of rotatable bonds is 5. The van der Waals surface area contributed by atoms with E-state index in [9.17, 15) is 23.1 Å². The van der Waals surface area contributed by atoms with Crippen LogP contribution in [0.3, 0.4) is 0 Å². The molecule has 1 aliphatic rings. The fourth-order valence-electron chi connectivity index (χ4n) is 3.27. The Morgan fingerprint density at radius 3 is 2.85 bits per heavy atom. The van der Waals surface area contributed by atoms with Crippen molar-refractivity contribution in [2.24, 2.45) is 5.92 Å². The van der Waals surface area contributed by atoms with Crippen LogP contribution in [0.25, 0.3) is 0 Å². The molecule has 1 aliphatic carbocycles. The lowest BCUT2D eigenvalue weighted by Crippen LogP contribution is -2.40. The van der Waals surface area contributed by atoms with E-state index >= 15 is 0 Å². The van der Waals surface area contributed by atoms with E-state index in [0.717, 1.165) is 6.07 Å². The molecule has 1 fully saturated rings. The lowest BCUT2D eigenvalue weighted by molar-refractivity contribution is -0.141. The molecule has 0 aromatic carbocycles. The lowest BCUT2D eigenvalue weighted by Gasteiger charge is -2.16. The maximum Gasteiger partial charge on any atom is 0.433 e. The summed E-state index contributed by atoms with van der Waals surface area (Å²) in [5.41, 5.74) is -0.983. The lowest BCUT2D eigenvalue weighted by atomic mass is 10.1. The van der Waals surface area contributed by atoms with Gasteiger partial charge in [-0.3, -0.25) is 4.79 Å². The quantitative estimate of drug-likeness (QED) is 0.843. The zero-order chi connectivity index (χ0) is 18.7. The first kappa shape index (κ1) is 18.4. The molecule has 0 saturated heterocycles. The molecule has 1 saturated carbocycles. The molecular weight excluding hydrogens is 349 g/mol. The molecule has 1 unspecified atom stereocenters. The van der Waals surface area contributed by atoms with Crippen LogP contribution in [0, 0.1) is 5.92 Å². The highest BCUT2D eigenvalue weighted by Crippen LogP contribution is 2.28. The van der Waals surface area contributed by atoms with Gasteiger partial charge in [-0.15, -0.1) is 0 Å². The van der Waals surface area contributed by atoms with Gasteiger partial charge < -0.3 is 15.0 Å². The van der Waals surface area contributed by atoms with Crippen LogP contribution in [0.1, 0.15) is 24.2 Å². The van der Waals surface area contributed by atoms with Gasteiger partial charge in [-0.2, -0.15) is 13.2 Å². The number of carbonyl (C=O) groups is 1. The molecular formula is C17H19F3N4O2. The average Bonchev–Trinajstić information content (AvgIpc) is 3.17. The number of amides is 1. The summed E-state index contributed by atoms with van der Waals surface area (Å²) in [6.07, 6.45) is 0.851. The maximum absolute atomic E-state index is 12.7. The summed E-state index contributed by atoms with van der Waals surface area (Å²) in [6, 6.07) is 3.05. The Bertz CT molecular complexity index is 749. The third-order valence-corrected chi connectivity index (χ3v) is 4.44. The SMILES string of the molecule is O=C(Cc1cccc(C(F)(F)F)n1)N[C@@H]1CC(Cn2ccnc2)C[C@H]1O. The highest BCUT2D eigenvalue weighted by atomic mass is 19.4. The summed E-state index contributed by atoms with van der Waals surface area (Å²) in [6.45, 7) is 0.693. The Balaban J connectivity index is 1.55. The second kappa shape index (κ2) is 7.45. The van der Waals surface area contributed by atoms with Crippen molar-refractivity contribution in [2.75, 3.05) is 0 Å². The van der Waals surface area contributed by atoms with Crippen molar-refractivity contribution >= 4 is 5.91 Å². The minimum Gasteiger partial charge on any atom is -0.391 e. The van der Waals surface area contributed by atoms with Crippen molar-refractivity contribution in [3.05, 3.63) is 48.3 Å². The minimum atomic E-state index is -4.55. The molecule has 26 heavy (non-hydrogen) atoms. The van der Waals surface area contributed by atoms with Gasteiger partial charge in [-0.1, -0.05) is 6.07 Å². The number of hydrogen-bond acceptors (Lipinski definition) is 4. The van der Waals surface area contributed by atoms with Gasteiger partial charge in [0.1, 0.15) is 5.69 Å². The Labute approximate surface area is 148 Å². The second-order valence-corrected chi connectivity index (χ2v) is 6.53. The van der Waals surface area contributed by atoms with E-state index in [1.807, 2.05) is 10.8 Å². The van der Waals surface area contributed by atoms with Crippen LogP contribution in [0.15, 0.2) is 36.9 Å². The Kier molecular flexibility index (Phi) is 5.26. The number of nitrogens with one attached hydrogen (secondary N) is 1. The van der Waals surface area contributed by atoms with Crippen molar-refractivity contribution in [1.29, 1.82) is 0 Å². The Morgan fingerprint density at radius 2 is 2.15 bits per heavy atom. The van der Waals surface area contributed by atoms with Gasteiger partial charge >= 0.3 is 6.18 Å². The monoisotopic (exact) mass is 368 g/mol. The van der Waals surface area contributed by atoms with Gasteiger partial charge in [0.25, 0.3) is 0 Å². The van der Waals surface area contributed by atoms with Crippen LogP contribution in [0.2, 0.25) is 0 Å². The molecule has 2 aromatic rings. The number of nitrogens with zero attached hydrogens (tertiary/aromatic N) is 3. The van der Waals surface area contributed by atoms with Crippen molar-refractivity contribution in [3.63, 3.8) is 0 Å². The first-order valence-electron chi connectivity index (χ1n) is 8.27. The van der Waals surface area contributed by atoms with Gasteiger partial charge in [-0.05, 0) is 30.9 Å². The summed E-state index contributed by atoms with van der Waals surface area (Å²) < 4.78 is 40.0. The molecule has 3 rings (SSSR count). The zero-order valence-electron chi connectivity index (χ0n) is 13.9. The molecule has 140 valence electrons. The maximum atomic E-state index is 12.7. The topological polar surface area (TPSA) is 80.0 Å².